The van der Waals surface area contributed by atoms with Gasteiger partial charge in [-0.25, -0.2) is 13.4 Å². The van der Waals surface area contributed by atoms with Gasteiger partial charge >= 0.3 is 0 Å². The van der Waals surface area contributed by atoms with Gasteiger partial charge in [-0.05, 0) is 50.5 Å². The first-order chi connectivity index (χ1) is 16.2. The molecule has 0 aliphatic carbocycles. The van der Waals surface area contributed by atoms with E-state index in [0.717, 1.165) is 15.8 Å². The molecule has 9 nitrogen and oxygen atoms in total. The summed E-state index contributed by atoms with van der Waals surface area (Å²) in [6.07, 6.45) is 0.907. The number of rotatable bonds is 5. The highest BCUT2D eigenvalue weighted by atomic mass is 32.2. The largest absolute Gasteiger partial charge is 0.339 e. The lowest BCUT2D eigenvalue weighted by atomic mass is 9.97. The summed E-state index contributed by atoms with van der Waals surface area (Å²) in [5.41, 5.74) is 2.00. The van der Waals surface area contributed by atoms with E-state index in [1.165, 1.54) is 27.0 Å². The number of anilines is 1. The van der Waals surface area contributed by atoms with Crippen LogP contribution in [0.3, 0.4) is 0 Å². The second-order valence-corrected chi connectivity index (χ2v) is 12.5. The Labute approximate surface area is 204 Å². The molecule has 0 bridgehead atoms. The number of nitrogens with zero attached hydrogens (tertiary/aromatic N) is 4. The van der Waals surface area contributed by atoms with Crippen LogP contribution in [0.4, 0.5) is 5.13 Å². The van der Waals surface area contributed by atoms with Crippen molar-refractivity contribution in [2.75, 3.05) is 18.4 Å². The van der Waals surface area contributed by atoms with E-state index < -0.39 is 10.0 Å². The third kappa shape index (κ3) is 4.38. The second kappa shape index (κ2) is 8.84. The van der Waals surface area contributed by atoms with Crippen LogP contribution in [0.1, 0.15) is 29.2 Å². The van der Waals surface area contributed by atoms with Crippen LogP contribution in [0.25, 0.3) is 20.9 Å². The van der Waals surface area contributed by atoms with Crippen LogP contribution < -0.4 is 5.32 Å². The van der Waals surface area contributed by atoms with E-state index in [9.17, 15) is 13.2 Å². The van der Waals surface area contributed by atoms with Crippen LogP contribution in [-0.4, -0.2) is 46.8 Å². The summed E-state index contributed by atoms with van der Waals surface area (Å²) in [5, 5.41) is 7.37. The van der Waals surface area contributed by atoms with Gasteiger partial charge in [-0.2, -0.15) is 9.29 Å². The molecule has 0 unspecified atom stereocenters. The Morgan fingerprint density at radius 2 is 1.88 bits per heavy atom. The highest BCUT2D eigenvalue weighted by Gasteiger charge is 2.34. The predicted octanol–water partition coefficient (Wildman–Crippen LogP) is 4.37. The molecule has 1 aliphatic heterocycles. The Hall–Kier alpha value is -2.67. The van der Waals surface area contributed by atoms with Crippen LogP contribution >= 0.6 is 22.7 Å². The zero-order chi connectivity index (χ0) is 24.0. The van der Waals surface area contributed by atoms with Gasteiger partial charge in [0.2, 0.25) is 27.6 Å². The fraction of sp³-hybridized carbons (Fsp3) is 0.364. The van der Waals surface area contributed by atoms with E-state index in [-0.39, 0.29) is 29.8 Å². The summed E-state index contributed by atoms with van der Waals surface area (Å²) in [4.78, 5) is 23.1. The first kappa shape index (κ1) is 23.1. The molecular weight excluding hydrogens is 494 g/mol. The zero-order valence-corrected chi connectivity index (χ0v) is 21.3. The van der Waals surface area contributed by atoms with Gasteiger partial charge in [0.05, 0.1) is 20.0 Å². The van der Waals surface area contributed by atoms with Crippen molar-refractivity contribution in [3.8, 4) is 10.7 Å². The van der Waals surface area contributed by atoms with Crippen molar-refractivity contribution < 1.29 is 17.7 Å². The van der Waals surface area contributed by atoms with E-state index in [2.05, 4.69) is 20.4 Å². The number of hydrogen-bond donors (Lipinski definition) is 1. The maximum atomic E-state index is 13.3. The number of carbonyl (C=O) groups excluding carboxylic acids is 1. The smallest absolute Gasteiger partial charge is 0.244 e. The van der Waals surface area contributed by atoms with E-state index in [1.807, 2.05) is 25.1 Å². The average Bonchev–Trinajstić information content (AvgIpc) is 3.51. The van der Waals surface area contributed by atoms with Gasteiger partial charge in [-0.15, -0.1) is 11.3 Å². The molecule has 5 rings (SSSR count). The molecule has 0 saturated carbocycles. The molecule has 1 amide bonds. The van der Waals surface area contributed by atoms with Gasteiger partial charge in [0, 0.05) is 30.8 Å². The molecule has 0 spiro atoms. The highest BCUT2D eigenvalue weighted by molar-refractivity contribution is 7.89. The van der Waals surface area contributed by atoms with E-state index in [1.54, 1.807) is 19.9 Å². The summed E-state index contributed by atoms with van der Waals surface area (Å²) in [5.74, 6) is 0.426. The lowest BCUT2D eigenvalue weighted by Gasteiger charge is -2.30. The van der Waals surface area contributed by atoms with Crippen molar-refractivity contribution in [2.45, 2.75) is 38.5 Å². The monoisotopic (exact) mass is 517 g/mol. The first-order valence-electron chi connectivity index (χ1n) is 10.8. The number of fused-ring (bicyclic) bond motifs is 1. The molecule has 4 aromatic rings. The van der Waals surface area contributed by atoms with Gasteiger partial charge in [-0.1, -0.05) is 22.6 Å². The minimum atomic E-state index is -3.69. The Morgan fingerprint density at radius 1 is 1.12 bits per heavy atom. The summed E-state index contributed by atoms with van der Waals surface area (Å²) in [6.45, 7) is 6.04. The van der Waals surface area contributed by atoms with E-state index in [0.29, 0.717) is 39.4 Å². The molecule has 1 N–H and O–H groups in total. The molecule has 1 aromatic carbocycles. The van der Waals surface area contributed by atoms with Crippen LogP contribution in [0.5, 0.6) is 0 Å². The SMILES string of the molecule is Cc1ccc2nc(NC(=O)C3CCN(S(=O)(=O)c4cc(-c5noc(C)n5)sc4C)CC3)sc2c1. The van der Waals surface area contributed by atoms with Crippen molar-refractivity contribution in [3.63, 3.8) is 0 Å². The highest BCUT2D eigenvalue weighted by Crippen LogP contribution is 2.35. The van der Waals surface area contributed by atoms with Crippen LogP contribution in [0.2, 0.25) is 0 Å². The molecule has 3 aromatic heterocycles. The normalized spacial score (nSPS) is 15.7. The predicted molar refractivity (Wildman–Crippen MR) is 132 cm³/mol. The molecule has 0 atom stereocenters. The number of thiophene rings is 1. The number of piperidine rings is 1. The first-order valence-corrected chi connectivity index (χ1v) is 13.9. The maximum Gasteiger partial charge on any atom is 0.244 e. The number of aryl methyl sites for hydroxylation is 3. The van der Waals surface area contributed by atoms with E-state index in [4.69, 9.17) is 4.52 Å². The number of carbonyl (C=O) groups is 1. The van der Waals surface area contributed by atoms with Gasteiger partial charge in [0.25, 0.3) is 0 Å². The van der Waals surface area contributed by atoms with Gasteiger partial charge in [-0.3, -0.25) is 4.79 Å². The number of benzene rings is 1. The molecule has 1 saturated heterocycles. The van der Waals surface area contributed by atoms with Crippen molar-refractivity contribution in [3.05, 3.63) is 40.6 Å². The topological polar surface area (TPSA) is 118 Å². The molecule has 4 heterocycles. The third-order valence-electron chi connectivity index (χ3n) is 5.84. The molecular formula is C22H23N5O4S3. The van der Waals surface area contributed by atoms with Gasteiger partial charge < -0.3 is 9.84 Å². The quantitative estimate of drug-likeness (QED) is 0.417. The molecule has 178 valence electrons. The summed E-state index contributed by atoms with van der Waals surface area (Å²) in [6, 6.07) is 7.58. The number of aromatic nitrogens is 3. The van der Waals surface area contributed by atoms with Crippen molar-refractivity contribution in [1.29, 1.82) is 0 Å². The maximum absolute atomic E-state index is 13.3. The molecule has 0 radical (unpaired) electrons. The van der Waals surface area contributed by atoms with Crippen molar-refractivity contribution in [1.82, 2.24) is 19.4 Å². The Morgan fingerprint density at radius 3 is 2.59 bits per heavy atom. The standard InChI is InChI=1S/C22H23N5O4S3/c1-12-4-5-16-17(10-12)33-22(24-16)25-21(28)15-6-8-27(9-7-15)34(29,30)19-11-18(32-13(19)2)20-23-14(3)31-26-20/h4-5,10-11,15H,6-9H2,1-3H3,(H,24,25,28). The fourth-order valence-electron chi connectivity index (χ4n) is 4.02. The van der Waals surface area contributed by atoms with Gasteiger partial charge in [0.1, 0.15) is 0 Å². The van der Waals surface area contributed by atoms with Gasteiger partial charge in [0.15, 0.2) is 5.13 Å². The Balaban J connectivity index is 1.25. The molecule has 34 heavy (non-hydrogen) atoms. The van der Waals surface area contributed by atoms with Crippen molar-refractivity contribution >= 4 is 54.0 Å². The lowest BCUT2D eigenvalue weighted by molar-refractivity contribution is -0.120. The molecule has 1 fully saturated rings. The minimum Gasteiger partial charge on any atom is -0.339 e. The summed E-state index contributed by atoms with van der Waals surface area (Å²) < 4.78 is 34.1. The number of hydrogen-bond acceptors (Lipinski definition) is 9. The Kier molecular flexibility index (Phi) is 6.00. The lowest BCUT2D eigenvalue weighted by Crippen LogP contribution is -2.41. The number of nitrogens with one attached hydrogen (secondary N) is 1. The third-order valence-corrected chi connectivity index (χ3v) is 9.97. The van der Waals surface area contributed by atoms with Crippen LogP contribution in [0.15, 0.2) is 33.7 Å². The Bertz CT molecular complexity index is 1480. The molecule has 1 aliphatic rings. The minimum absolute atomic E-state index is 0.116. The number of amides is 1. The second-order valence-electron chi connectivity index (χ2n) is 8.33. The summed E-state index contributed by atoms with van der Waals surface area (Å²) in [7, 11) is -3.69. The summed E-state index contributed by atoms with van der Waals surface area (Å²) >= 11 is 2.76. The van der Waals surface area contributed by atoms with Crippen molar-refractivity contribution in [2.24, 2.45) is 5.92 Å². The van der Waals surface area contributed by atoms with Crippen LogP contribution in [-0.2, 0) is 14.8 Å². The van der Waals surface area contributed by atoms with E-state index >= 15 is 0 Å². The zero-order valence-electron chi connectivity index (χ0n) is 18.9. The average molecular weight is 518 g/mol. The fourth-order valence-corrected chi connectivity index (χ4v) is 7.94. The number of thiazole rings is 1. The number of sulfonamides is 1. The molecule has 12 heteroatoms. The van der Waals surface area contributed by atoms with Crippen LogP contribution in [0, 0.1) is 26.7 Å².